The number of benzene rings is 1. The van der Waals surface area contributed by atoms with Crippen LogP contribution in [0.3, 0.4) is 0 Å². The number of fused-ring (bicyclic) bond motifs is 1. The fourth-order valence-electron chi connectivity index (χ4n) is 2.34. The molecule has 0 amide bonds. The predicted octanol–water partition coefficient (Wildman–Crippen LogP) is 2.60. The third-order valence-electron chi connectivity index (χ3n) is 3.33. The van der Waals surface area contributed by atoms with Crippen LogP contribution < -0.4 is 5.32 Å². The summed E-state index contributed by atoms with van der Waals surface area (Å²) in [4.78, 5) is 15.0. The van der Waals surface area contributed by atoms with Crippen LogP contribution >= 0.6 is 0 Å². The molecule has 6 heteroatoms. The Kier molecular flexibility index (Phi) is 4.16. The van der Waals surface area contributed by atoms with Crippen molar-refractivity contribution in [1.29, 1.82) is 0 Å². The molecule has 5 nitrogen and oxygen atoms in total. The first-order chi connectivity index (χ1) is 10.3. The number of aromatic nitrogens is 4. The molecule has 4 rings (SSSR count). The molecule has 1 aromatic carbocycles. The molecule has 2 N–H and O–H groups in total. The first-order valence-electron chi connectivity index (χ1n) is 6.91. The van der Waals surface area contributed by atoms with Crippen molar-refractivity contribution < 1.29 is 4.39 Å². The maximum Gasteiger partial charge on any atom is 0.125 e. The van der Waals surface area contributed by atoms with Gasteiger partial charge < -0.3 is 10.3 Å². The maximum absolute atomic E-state index is 13.0. The van der Waals surface area contributed by atoms with Gasteiger partial charge in [0.15, 0.2) is 0 Å². The first kappa shape index (κ1) is 13.6. The van der Waals surface area contributed by atoms with Gasteiger partial charge in [-0.25, -0.2) is 19.3 Å². The van der Waals surface area contributed by atoms with Gasteiger partial charge in [0.25, 0.3) is 0 Å². The van der Waals surface area contributed by atoms with Crippen LogP contribution in [0.25, 0.3) is 11.0 Å². The van der Waals surface area contributed by atoms with Crippen LogP contribution in [0, 0.1) is 5.82 Å². The topological polar surface area (TPSA) is 66.5 Å². The Balaban J connectivity index is 0.000000186. The summed E-state index contributed by atoms with van der Waals surface area (Å²) in [7, 11) is 0. The Morgan fingerprint density at radius 2 is 2.05 bits per heavy atom. The van der Waals surface area contributed by atoms with Crippen molar-refractivity contribution >= 4 is 11.0 Å². The molecule has 21 heavy (non-hydrogen) atoms. The van der Waals surface area contributed by atoms with E-state index in [-0.39, 0.29) is 5.82 Å². The van der Waals surface area contributed by atoms with E-state index in [1.807, 2.05) is 0 Å². The Morgan fingerprint density at radius 3 is 2.67 bits per heavy atom. The highest BCUT2D eigenvalue weighted by atomic mass is 19.1. The summed E-state index contributed by atoms with van der Waals surface area (Å²) in [6, 6.07) is 6.72. The molecule has 3 aromatic rings. The van der Waals surface area contributed by atoms with E-state index in [1.54, 1.807) is 24.5 Å². The minimum atomic E-state index is -0.225. The van der Waals surface area contributed by atoms with Crippen molar-refractivity contribution in [3.8, 4) is 0 Å². The quantitative estimate of drug-likeness (QED) is 0.721. The van der Waals surface area contributed by atoms with Gasteiger partial charge in [-0.05, 0) is 43.7 Å². The molecule has 1 atom stereocenters. The molecule has 0 unspecified atom stereocenters. The molecular formula is C15H16FN5. The van der Waals surface area contributed by atoms with Crippen molar-refractivity contribution in [2.45, 2.75) is 18.9 Å². The number of H-pyrrole nitrogens is 1. The van der Waals surface area contributed by atoms with Gasteiger partial charge in [0, 0.05) is 12.4 Å². The van der Waals surface area contributed by atoms with Gasteiger partial charge >= 0.3 is 0 Å². The second-order valence-corrected chi connectivity index (χ2v) is 4.84. The van der Waals surface area contributed by atoms with Crippen molar-refractivity contribution in [1.82, 2.24) is 25.3 Å². The average molecular weight is 285 g/mol. The number of aromatic amines is 1. The summed E-state index contributed by atoms with van der Waals surface area (Å²) in [5.41, 5.74) is 1.61. The largest absolute Gasteiger partial charge is 0.341 e. The molecule has 0 bridgehead atoms. The molecular weight excluding hydrogens is 269 g/mol. The van der Waals surface area contributed by atoms with E-state index in [4.69, 9.17) is 0 Å². The summed E-state index contributed by atoms with van der Waals surface area (Å²) >= 11 is 0. The lowest BCUT2D eigenvalue weighted by molar-refractivity contribution is 0.614. The van der Waals surface area contributed by atoms with Crippen molar-refractivity contribution in [2.24, 2.45) is 0 Å². The van der Waals surface area contributed by atoms with E-state index in [0.29, 0.717) is 6.04 Å². The lowest BCUT2D eigenvalue weighted by Crippen LogP contribution is -2.13. The van der Waals surface area contributed by atoms with Crippen LogP contribution in [-0.2, 0) is 0 Å². The molecule has 2 aromatic heterocycles. The summed E-state index contributed by atoms with van der Waals surface area (Å²) in [6.07, 6.45) is 7.15. The van der Waals surface area contributed by atoms with E-state index in [9.17, 15) is 4.39 Å². The number of hydrogen-bond acceptors (Lipinski definition) is 4. The molecule has 1 saturated heterocycles. The fraction of sp³-hybridized carbons (Fsp3) is 0.267. The van der Waals surface area contributed by atoms with Gasteiger partial charge in [-0.3, -0.25) is 0 Å². The van der Waals surface area contributed by atoms with Crippen LogP contribution in [0.4, 0.5) is 4.39 Å². The maximum atomic E-state index is 13.0. The minimum absolute atomic E-state index is 0.225. The van der Waals surface area contributed by atoms with E-state index >= 15 is 0 Å². The normalized spacial score (nSPS) is 17.5. The highest BCUT2D eigenvalue weighted by Gasteiger charge is 2.19. The smallest absolute Gasteiger partial charge is 0.125 e. The van der Waals surface area contributed by atoms with E-state index in [2.05, 4.69) is 25.3 Å². The Morgan fingerprint density at radius 1 is 1.19 bits per heavy atom. The van der Waals surface area contributed by atoms with Crippen LogP contribution in [-0.4, -0.2) is 26.5 Å². The Bertz CT molecular complexity index is 665. The molecule has 0 aliphatic carbocycles. The van der Waals surface area contributed by atoms with Gasteiger partial charge in [0.05, 0.1) is 17.1 Å². The number of halogens is 1. The zero-order valence-electron chi connectivity index (χ0n) is 11.5. The Labute approximate surface area is 121 Å². The van der Waals surface area contributed by atoms with Crippen LogP contribution in [0.15, 0.2) is 43.0 Å². The summed E-state index contributed by atoms with van der Waals surface area (Å²) in [5, 5.41) is 3.36. The van der Waals surface area contributed by atoms with Crippen molar-refractivity contribution in [3.05, 3.63) is 54.6 Å². The number of nitrogens with zero attached hydrogens (tertiary/aromatic N) is 3. The third-order valence-corrected chi connectivity index (χ3v) is 3.33. The van der Waals surface area contributed by atoms with E-state index in [0.717, 1.165) is 29.8 Å². The predicted molar refractivity (Wildman–Crippen MR) is 78.1 cm³/mol. The van der Waals surface area contributed by atoms with E-state index in [1.165, 1.54) is 24.9 Å². The lowest BCUT2D eigenvalue weighted by Gasteiger charge is -2.04. The standard InChI is InChI=1S/C11H12FN3.C4H4N2/c12-7-3-4-8-10(6-7)15-11(14-8)9-2-1-5-13-9;1-2-5-4-6-3-1/h3-4,6,9,13H,1-2,5H2,(H,14,15);1-4H/t9-;/m0./s1. The summed E-state index contributed by atoms with van der Waals surface area (Å²) in [5.74, 6) is 0.699. The average Bonchev–Trinajstić information content (AvgIpc) is 3.18. The SMILES string of the molecule is Fc1ccc2nc([C@@H]3CCCN3)[nH]c2c1.c1cncnc1. The lowest BCUT2D eigenvalue weighted by atomic mass is 10.2. The van der Waals surface area contributed by atoms with Crippen LogP contribution in [0.5, 0.6) is 0 Å². The van der Waals surface area contributed by atoms with Gasteiger partial charge in [-0.1, -0.05) is 0 Å². The highest BCUT2D eigenvalue weighted by Crippen LogP contribution is 2.23. The Hall–Kier alpha value is -2.34. The zero-order valence-corrected chi connectivity index (χ0v) is 11.5. The number of hydrogen-bond donors (Lipinski definition) is 2. The fourth-order valence-corrected chi connectivity index (χ4v) is 2.34. The first-order valence-corrected chi connectivity index (χ1v) is 6.91. The van der Waals surface area contributed by atoms with Gasteiger partial charge in [0.2, 0.25) is 0 Å². The molecule has 1 fully saturated rings. The van der Waals surface area contributed by atoms with Crippen molar-refractivity contribution in [3.63, 3.8) is 0 Å². The van der Waals surface area contributed by atoms with Crippen molar-refractivity contribution in [2.75, 3.05) is 6.54 Å². The summed E-state index contributed by atoms with van der Waals surface area (Å²) < 4.78 is 13.0. The molecule has 3 heterocycles. The number of imidazole rings is 1. The molecule has 0 spiro atoms. The summed E-state index contributed by atoms with van der Waals surface area (Å²) in [6.45, 7) is 1.04. The van der Waals surface area contributed by atoms with Gasteiger partial charge in [0.1, 0.15) is 18.0 Å². The second-order valence-electron chi connectivity index (χ2n) is 4.84. The minimum Gasteiger partial charge on any atom is -0.341 e. The molecule has 108 valence electrons. The number of rotatable bonds is 1. The zero-order chi connectivity index (χ0) is 14.5. The molecule has 1 aliphatic rings. The highest BCUT2D eigenvalue weighted by molar-refractivity contribution is 5.75. The monoisotopic (exact) mass is 285 g/mol. The molecule has 1 aliphatic heterocycles. The molecule has 0 radical (unpaired) electrons. The molecule has 0 saturated carbocycles. The third kappa shape index (κ3) is 3.41. The van der Waals surface area contributed by atoms with Crippen LogP contribution in [0.1, 0.15) is 24.7 Å². The van der Waals surface area contributed by atoms with E-state index < -0.39 is 0 Å². The number of nitrogens with one attached hydrogen (secondary N) is 2. The van der Waals surface area contributed by atoms with Gasteiger partial charge in [-0.2, -0.15) is 0 Å². The van der Waals surface area contributed by atoms with Gasteiger partial charge in [-0.15, -0.1) is 0 Å². The second kappa shape index (κ2) is 6.41. The van der Waals surface area contributed by atoms with Crippen LogP contribution in [0.2, 0.25) is 0 Å².